The van der Waals surface area contributed by atoms with Crippen molar-refractivity contribution < 1.29 is 36.5 Å². The molecule has 1 aromatic carbocycles. The quantitative estimate of drug-likeness (QED) is 0.574. The number of hydrogen-bond donors (Lipinski definition) is 0. The summed E-state index contributed by atoms with van der Waals surface area (Å²) in [5.41, 5.74) is 0.106. The van der Waals surface area contributed by atoms with Crippen molar-refractivity contribution in [1.82, 2.24) is 5.01 Å². The maximum absolute atomic E-state index is 14.1. The average Bonchev–Trinajstić information content (AvgIpc) is 2.67. The van der Waals surface area contributed by atoms with Gasteiger partial charge in [-0.1, -0.05) is 5.01 Å². The van der Waals surface area contributed by atoms with Crippen molar-refractivity contribution in [3.05, 3.63) is 34.2 Å². The number of hydrazine groups is 1. The first-order chi connectivity index (χ1) is 14.5. The van der Waals surface area contributed by atoms with E-state index in [9.17, 15) is 22.1 Å². The van der Waals surface area contributed by atoms with E-state index >= 15 is 0 Å². The second kappa shape index (κ2) is 9.74. The molecular formula is C20H29F2N2O6S+. The standard InChI is InChI=1S/C20H29F2N2O6S/c1-13(2)30-24(25)23-6-4-14(5-7-23)8-15-11-28-20(29-12-15)16-9-17(21)19(18(22)10-16)31(3,26)27/h9-10,13-15,20H,4-8,11-12H2,1-3H3/q+1. The zero-order valence-electron chi connectivity index (χ0n) is 17.9. The molecular weight excluding hydrogens is 434 g/mol. The molecule has 0 bridgehead atoms. The maximum atomic E-state index is 14.1. The molecule has 2 fully saturated rings. The van der Waals surface area contributed by atoms with Crippen LogP contribution in [0.1, 0.15) is 45.0 Å². The Labute approximate surface area is 180 Å². The topological polar surface area (TPSA) is 85.2 Å². The van der Waals surface area contributed by atoms with Crippen LogP contribution in [0.2, 0.25) is 0 Å². The summed E-state index contributed by atoms with van der Waals surface area (Å²) in [5.74, 6) is -1.77. The summed E-state index contributed by atoms with van der Waals surface area (Å²) in [4.78, 5) is 16.1. The van der Waals surface area contributed by atoms with E-state index in [-0.39, 0.29) is 17.6 Å². The number of piperidine rings is 1. The third-order valence-electron chi connectivity index (χ3n) is 5.42. The van der Waals surface area contributed by atoms with Gasteiger partial charge >= 0.3 is 5.03 Å². The number of nitrogens with zero attached hydrogens (tertiary/aromatic N) is 2. The lowest BCUT2D eigenvalue weighted by Crippen LogP contribution is -2.42. The molecule has 0 spiro atoms. The summed E-state index contributed by atoms with van der Waals surface area (Å²) >= 11 is 0. The Bertz CT molecular complexity index is 872. The Morgan fingerprint density at radius 3 is 2.16 bits per heavy atom. The van der Waals surface area contributed by atoms with Crippen LogP contribution >= 0.6 is 0 Å². The zero-order chi connectivity index (χ0) is 22.8. The fourth-order valence-corrected chi connectivity index (χ4v) is 4.80. The number of hydrogen-bond acceptors (Lipinski definition) is 6. The van der Waals surface area contributed by atoms with Crippen molar-refractivity contribution in [3.8, 4) is 0 Å². The molecule has 0 unspecified atom stereocenters. The van der Waals surface area contributed by atoms with E-state index < -0.39 is 32.7 Å². The lowest BCUT2D eigenvalue weighted by molar-refractivity contribution is -0.917. The number of sulfone groups is 1. The van der Waals surface area contributed by atoms with E-state index in [1.54, 1.807) is 18.9 Å². The first-order valence-corrected chi connectivity index (χ1v) is 12.2. The number of benzene rings is 1. The highest BCUT2D eigenvalue weighted by molar-refractivity contribution is 7.90. The van der Waals surface area contributed by atoms with Crippen LogP contribution in [0.25, 0.3) is 0 Å². The molecule has 0 amide bonds. The third-order valence-corrected chi connectivity index (χ3v) is 6.55. The van der Waals surface area contributed by atoms with Crippen LogP contribution in [-0.2, 0) is 24.1 Å². The molecule has 2 saturated heterocycles. The molecule has 11 heteroatoms. The summed E-state index contributed by atoms with van der Waals surface area (Å²) < 4.78 is 62.7. The average molecular weight is 464 g/mol. The molecule has 2 heterocycles. The summed E-state index contributed by atoms with van der Waals surface area (Å²) in [5, 5.41) is 2.22. The van der Waals surface area contributed by atoms with E-state index in [0.717, 1.165) is 37.7 Å². The first kappa shape index (κ1) is 23.8. The van der Waals surface area contributed by atoms with Crippen LogP contribution in [-0.4, -0.2) is 57.1 Å². The Morgan fingerprint density at radius 1 is 1.13 bits per heavy atom. The van der Waals surface area contributed by atoms with E-state index in [0.29, 0.717) is 37.3 Å². The smallest absolute Gasteiger partial charge is 0.348 e. The SMILES string of the molecule is CC(C)O[N+](=O)N1CCC(CC2COC(c3cc(F)c(S(C)(=O)=O)c(F)c3)OC2)CC1. The van der Waals surface area contributed by atoms with Crippen LogP contribution in [0, 0.1) is 28.4 Å². The summed E-state index contributed by atoms with van der Waals surface area (Å²) in [6, 6.07) is 1.88. The molecule has 0 radical (unpaired) electrons. The van der Waals surface area contributed by atoms with Crippen LogP contribution in [0.3, 0.4) is 0 Å². The Hall–Kier alpha value is -1.85. The van der Waals surface area contributed by atoms with Crippen LogP contribution < -0.4 is 0 Å². The molecule has 2 aliphatic rings. The van der Waals surface area contributed by atoms with Gasteiger partial charge in [0, 0.05) is 17.7 Å². The minimum Gasteiger partial charge on any atom is -0.348 e. The maximum Gasteiger partial charge on any atom is 0.359 e. The molecule has 31 heavy (non-hydrogen) atoms. The molecule has 0 saturated carbocycles. The third kappa shape index (κ3) is 6.11. The summed E-state index contributed by atoms with van der Waals surface area (Å²) in [7, 11) is -4.02. The van der Waals surface area contributed by atoms with Gasteiger partial charge in [0.15, 0.2) is 22.2 Å². The fourth-order valence-electron chi connectivity index (χ4n) is 3.98. The Balaban J connectivity index is 1.49. The van der Waals surface area contributed by atoms with Crippen molar-refractivity contribution in [2.75, 3.05) is 32.6 Å². The molecule has 0 aromatic heterocycles. The monoisotopic (exact) mass is 463 g/mol. The number of ether oxygens (including phenoxy) is 2. The lowest BCUT2D eigenvalue weighted by atomic mass is 9.88. The van der Waals surface area contributed by atoms with Gasteiger partial charge in [-0.25, -0.2) is 22.0 Å². The molecule has 8 nitrogen and oxygen atoms in total. The highest BCUT2D eigenvalue weighted by atomic mass is 32.2. The minimum absolute atomic E-state index is 0.106. The number of halogens is 2. The van der Waals surface area contributed by atoms with Gasteiger partial charge < -0.3 is 9.47 Å². The van der Waals surface area contributed by atoms with Gasteiger partial charge in [-0.2, -0.15) is 0 Å². The van der Waals surface area contributed by atoms with E-state index in [1.807, 2.05) is 0 Å². The summed E-state index contributed by atoms with van der Waals surface area (Å²) in [6.45, 7) is 5.57. The molecule has 1 aromatic rings. The molecule has 2 aliphatic heterocycles. The van der Waals surface area contributed by atoms with Crippen molar-refractivity contribution >= 4 is 9.84 Å². The minimum atomic E-state index is -4.02. The predicted octanol–water partition coefficient (Wildman–Crippen LogP) is 3.17. The van der Waals surface area contributed by atoms with Gasteiger partial charge in [0.05, 0.1) is 26.3 Å². The zero-order valence-corrected chi connectivity index (χ0v) is 18.7. The highest BCUT2D eigenvalue weighted by Gasteiger charge is 2.33. The van der Waals surface area contributed by atoms with Crippen LogP contribution in [0.5, 0.6) is 0 Å². The predicted molar refractivity (Wildman–Crippen MR) is 106 cm³/mol. The van der Waals surface area contributed by atoms with Crippen LogP contribution in [0.15, 0.2) is 17.0 Å². The molecule has 3 rings (SSSR count). The van der Waals surface area contributed by atoms with E-state index in [1.165, 1.54) is 0 Å². The van der Waals surface area contributed by atoms with Gasteiger partial charge in [0.1, 0.15) is 21.4 Å². The fraction of sp³-hybridized carbons (Fsp3) is 0.700. The summed E-state index contributed by atoms with van der Waals surface area (Å²) in [6.07, 6.45) is 2.19. The van der Waals surface area contributed by atoms with Crippen LogP contribution in [0.4, 0.5) is 8.78 Å². The van der Waals surface area contributed by atoms with Gasteiger partial charge in [-0.15, -0.1) is 0 Å². The molecule has 0 N–H and O–H groups in total. The lowest BCUT2D eigenvalue weighted by Gasteiger charge is -2.33. The molecule has 0 aliphatic carbocycles. The van der Waals surface area contributed by atoms with Gasteiger partial charge in [-0.05, 0) is 51.2 Å². The van der Waals surface area contributed by atoms with Gasteiger partial charge in [0.25, 0.3) is 0 Å². The van der Waals surface area contributed by atoms with E-state index in [4.69, 9.17) is 14.3 Å². The largest absolute Gasteiger partial charge is 0.359 e. The van der Waals surface area contributed by atoms with Gasteiger partial charge in [0.2, 0.25) is 0 Å². The van der Waals surface area contributed by atoms with Crippen molar-refractivity contribution in [2.45, 2.75) is 50.4 Å². The number of rotatable bonds is 7. The molecule has 0 atom stereocenters. The second-order valence-corrected chi connectivity index (χ2v) is 10.4. The van der Waals surface area contributed by atoms with Crippen molar-refractivity contribution in [3.63, 3.8) is 0 Å². The van der Waals surface area contributed by atoms with Crippen molar-refractivity contribution in [1.29, 1.82) is 0 Å². The van der Waals surface area contributed by atoms with Crippen molar-refractivity contribution in [2.24, 2.45) is 11.8 Å². The second-order valence-electron chi connectivity index (χ2n) is 8.48. The molecule has 174 valence electrons. The highest BCUT2D eigenvalue weighted by Crippen LogP contribution is 2.32. The Kier molecular flexibility index (Phi) is 7.48. The Morgan fingerprint density at radius 2 is 1.68 bits per heavy atom. The van der Waals surface area contributed by atoms with E-state index in [2.05, 4.69) is 0 Å². The normalized spacial score (nSPS) is 23.2. The first-order valence-electron chi connectivity index (χ1n) is 10.4. The van der Waals surface area contributed by atoms with Gasteiger partial charge in [-0.3, -0.25) is 0 Å².